The number of rotatable bonds is 7. The van der Waals surface area contributed by atoms with Crippen molar-refractivity contribution in [2.24, 2.45) is 0 Å². The van der Waals surface area contributed by atoms with Gasteiger partial charge in [-0.15, -0.1) is 0 Å². The number of hydrogen-bond donors (Lipinski definition) is 2. The van der Waals surface area contributed by atoms with Crippen LogP contribution in [0.1, 0.15) is 5.56 Å². The minimum atomic E-state index is -3.87. The average Bonchev–Trinajstić information content (AvgIpc) is 2.68. The number of pyridine rings is 1. The number of hydrogen-bond acceptors (Lipinski definition) is 6. The van der Waals surface area contributed by atoms with E-state index in [0.29, 0.717) is 5.75 Å². The highest BCUT2D eigenvalue weighted by atomic mass is 32.2. The van der Waals surface area contributed by atoms with E-state index in [0.717, 1.165) is 16.9 Å². The number of aromatic nitrogens is 1. The molecule has 28 heavy (non-hydrogen) atoms. The van der Waals surface area contributed by atoms with Crippen molar-refractivity contribution in [3.8, 4) is 11.5 Å². The van der Waals surface area contributed by atoms with Gasteiger partial charge in [0, 0.05) is 11.8 Å². The zero-order chi connectivity index (χ0) is 20.1. The second-order valence-electron chi connectivity index (χ2n) is 6.05. The number of benzene rings is 2. The molecule has 0 aliphatic rings. The van der Waals surface area contributed by atoms with Crippen molar-refractivity contribution in [3.05, 3.63) is 66.4 Å². The summed E-state index contributed by atoms with van der Waals surface area (Å²) in [7, 11) is -0.974. The van der Waals surface area contributed by atoms with Crippen LogP contribution >= 0.6 is 0 Å². The molecule has 0 bridgehead atoms. The number of nitrogens with one attached hydrogen (secondary N) is 2. The summed E-state index contributed by atoms with van der Waals surface area (Å²) in [6, 6.07) is 15.7. The summed E-state index contributed by atoms with van der Waals surface area (Å²) in [4.78, 5) is 4.18. The molecule has 3 aromatic rings. The lowest BCUT2D eigenvalue weighted by atomic mass is 10.2. The van der Waals surface area contributed by atoms with Gasteiger partial charge in [-0.1, -0.05) is 12.1 Å². The third-order valence-electron chi connectivity index (χ3n) is 3.97. The highest BCUT2D eigenvalue weighted by Crippen LogP contribution is 2.29. The third-order valence-corrected chi connectivity index (χ3v) is 5.36. The molecule has 3 rings (SSSR count). The van der Waals surface area contributed by atoms with Gasteiger partial charge in [0.1, 0.15) is 22.2 Å². The molecule has 0 aliphatic heterocycles. The Labute approximate surface area is 164 Å². The molecule has 1 aromatic heterocycles. The molecule has 0 unspecified atom stereocenters. The number of aryl methyl sites for hydroxylation is 1. The van der Waals surface area contributed by atoms with Gasteiger partial charge < -0.3 is 14.8 Å². The first-order valence-corrected chi connectivity index (χ1v) is 9.94. The normalized spacial score (nSPS) is 11.0. The van der Waals surface area contributed by atoms with E-state index < -0.39 is 10.0 Å². The van der Waals surface area contributed by atoms with Crippen LogP contribution in [0.4, 0.5) is 17.2 Å². The van der Waals surface area contributed by atoms with E-state index in [1.165, 1.54) is 26.4 Å². The molecule has 8 heteroatoms. The van der Waals surface area contributed by atoms with Gasteiger partial charge in [0.05, 0.1) is 26.1 Å². The maximum absolute atomic E-state index is 12.7. The summed E-state index contributed by atoms with van der Waals surface area (Å²) in [5.74, 6) is 0.887. The van der Waals surface area contributed by atoms with Gasteiger partial charge in [-0.3, -0.25) is 4.72 Å². The summed E-state index contributed by atoms with van der Waals surface area (Å²) < 4.78 is 38.1. The third kappa shape index (κ3) is 4.52. The van der Waals surface area contributed by atoms with Crippen molar-refractivity contribution < 1.29 is 17.9 Å². The number of anilines is 3. The quantitative estimate of drug-likeness (QED) is 0.625. The topological polar surface area (TPSA) is 89.6 Å². The lowest BCUT2D eigenvalue weighted by Crippen LogP contribution is -2.15. The fourth-order valence-electron chi connectivity index (χ4n) is 2.61. The molecule has 0 radical (unpaired) electrons. The van der Waals surface area contributed by atoms with Crippen molar-refractivity contribution in [1.29, 1.82) is 0 Å². The molecule has 0 aliphatic carbocycles. The molecule has 0 spiro atoms. The zero-order valence-corrected chi connectivity index (χ0v) is 16.6. The fraction of sp³-hybridized carbons (Fsp3) is 0.150. The Bertz CT molecular complexity index is 1070. The highest BCUT2D eigenvalue weighted by molar-refractivity contribution is 7.92. The molecular formula is C20H21N3O4S. The van der Waals surface area contributed by atoms with Gasteiger partial charge in [0.2, 0.25) is 0 Å². The Balaban J connectivity index is 1.78. The summed E-state index contributed by atoms with van der Waals surface area (Å²) in [6.07, 6.45) is 1.56. The molecule has 146 valence electrons. The molecule has 0 atom stereocenters. The SMILES string of the molecule is COc1ccc(S(=O)(=O)Nc2ccc(Nc3cccc(C)c3)cn2)c(OC)c1. The van der Waals surface area contributed by atoms with E-state index in [1.807, 2.05) is 31.2 Å². The van der Waals surface area contributed by atoms with Crippen LogP contribution in [-0.4, -0.2) is 27.6 Å². The standard InChI is InChI=1S/C20H21N3O4S/c1-14-5-4-6-15(11-14)22-16-7-10-20(21-13-16)23-28(24,25)19-9-8-17(26-2)12-18(19)27-3/h4-13,22H,1-3H3,(H,21,23). The van der Waals surface area contributed by atoms with Crippen LogP contribution in [0.3, 0.4) is 0 Å². The second kappa shape index (κ2) is 8.18. The van der Waals surface area contributed by atoms with Gasteiger partial charge in [-0.2, -0.15) is 0 Å². The molecule has 1 heterocycles. The van der Waals surface area contributed by atoms with E-state index in [9.17, 15) is 8.42 Å². The predicted molar refractivity (Wildman–Crippen MR) is 109 cm³/mol. The molecule has 0 fully saturated rings. The van der Waals surface area contributed by atoms with E-state index >= 15 is 0 Å². The maximum Gasteiger partial charge on any atom is 0.266 e. The van der Waals surface area contributed by atoms with Crippen LogP contribution < -0.4 is 19.5 Å². The Morgan fingerprint density at radius 3 is 2.39 bits per heavy atom. The minimum absolute atomic E-state index is 0.000405. The molecule has 0 saturated carbocycles. The summed E-state index contributed by atoms with van der Waals surface area (Å²) in [5.41, 5.74) is 2.81. The van der Waals surface area contributed by atoms with Crippen LogP contribution in [0.25, 0.3) is 0 Å². The molecule has 7 nitrogen and oxygen atoms in total. The van der Waals surface area contributed by atoms with Gasteiger partial charge in [-0.05, 0) is 48.9 Å². The van der Waals surface area contributed by atoms with Gasteiger partial charge in [0.15, 0.2) is 0 Å². The van der Waals surface area contributed by atoms with Crippen LogP contribution in [0, 0.1) is 6.92 Å². The van der Waals surface area contributed by atoms with E-state index in [4.69, 9.17) is 9.47 Å². The largest absolute Gasteiger partial charge is 0.497 e. The Morgan fingerprint density at radius 2 is 1.75 bits per heavy atom. The Morgan fingerprint density at radius 1 is 0.929 bits per heavy atom. The van der Waals surface area contributed by atoms with Crippen molar-refractivity contribution >= 4 is 27.2 Å². The van der Waals surface area contributed by atoms with Crippen molar-refractivity contribution in [2.45, 2.75) is 11.8 Å². The minimum Gasteiger partial charge on any atom is -0.497 e. The maximum atomic E-state index is 12.7. The van der Waals surface area contributed by atoms with Gasteiger partial charge >= 0.3 is 0 Å². The number of sulfonamides is 1. The van der Waals surface area contributed by atoms with Gasteiger partial charge in [-0.25, -0.2) is 13.4 Å². The van der Waals surface area contributed by atoms with Crippen LogP contribution in [0.5, 0.6) is 11.5 Å². The zero-order valence-electron chi connectivity index (χ0n) is 15.8. The van der Waals surface area contributed by atoms with Crippen LogP contribution in [-0.2, 0) is 10.0 Å². The first-order valence-electron chi connectivity index (χ1n) is 8.46. The molecule has 0 saturated heterocycles. The van der Waals surface area contributed by atoms with E-state index in [2.05, 4.69) is 15.0 Å². The van der Waals surface area contributed by atoms with Crippen LogP contribution in [0.2, 0.25) is 0 Å². The van der Waals surface area contributed by atoms with Crippen molar-refractivity contribution in [2.75, 3.05) is 24.3 Å². The predicted octanol–water partition coefficient (Wildman–Crippen LogP) is 3.95. The smallest absolute Gasteiger partial charge is 0.266 e. The number of ether oxygens (including phenoxy) is 2. The lowest BCUT2D eigenvalue weighted by Gasteiger charge is -2.13. The number of methoxy groups -OCH3 is 2. The molecule has 2 aromatic carbocycles. The summed E-state index contributed by atoms with van der Waals surface area (Å²) in [5, 5.41) is 3.22. The van der Waals surface area contributed by atoms with Crippen molar-refractivity contribution in [3.63, 3.8) is 0 Å². The molecule has 2 N–H and O–H groups in total. The first kappa shape index (κ1) is 19.5. The Kier molecular flexibility index (Phi) is 5.70. The average molecular weight is 399 g/mol. The fourth-order valence-corrected chi connectivity index (χ4v) is 3.77. The first-order chi connectivity index (χ1) is 13.4. The van der Waals surface area contributed by atoms with E-state index in [1.54, 1.807) is 24.4 Å². The monoisotopic (exact) mass is 399 g/mol. The van der Waals surface area contributed by atoms with Crippen molar-refractivity contribution in [1.82, 2.24) is 4.98 Å². The summed E-state index contributed by atoms with van der Waals surface area (Å²) in [6.45, 7) is 2.01. The van der Waals surface area contributed by atoms with E-state index in [-0.39, 0.29) is 16.5 Å². The summed E-state index contributed by atoms with van der Waals surface area (Å²) >= 11 is 0. The lowest BCUT2D eigenvalue weighted by molar-refractivity contribution is 0.386. The van der Waals surface area contributed by atoms with Gasteiger partial charge in [0.25, 0.3) is 10.0 Å². The van der Waals surface area contributed by atoms with Crippen LogP contribution in [0.15, 0.2) is 65.7 Å². The highest BCUT2D eigenvalue weighted by Gasteiger charge is 2.20. The molecule has 0 amide bonds. The molecular weight excluding hydrogens is 378 g/mol. The second-order valence-corrected chi connectivity index (χ2v) is 7.70. The Hall–Kier alpha value is -3.26. The number of nitrogens with zero attached hydrogens (tertiary/aromatic N) is 1.